The lowest BCUT2D eigenvalue weighted by Crippen LogP contribution is -2.13. The number of hydrogen-bond donors (Lipinski definition) is 1. The largest absolute Gasteiger partial charge is 0.319 e. The summed E-state index contributed by atoms with van der Waals surface area (Å²) < 4.78 is 13.7. The maximum atomic E-state index is 13.7. The Labute approximate surface area is 114 Å². The van der Waals surface area contributed by atoms with Crippen LogP contribution in [0, 0.1) is 5.82 Å². The van der Waals surface area contributed by atoms with Gasteiger partial charge < -0.3 is 5.32 Å². The van der Waals surface area contributed by atoms with Crippen LogP contribution in [0.2, 0.25) is 0 Å². The minimum Gasteiger partial charge on any atom is -0.319 e. The average Bonchev–Trinajstić information content (AvgIpc) is 2.48. The van der Waals surface area contributed by atoms with Crippen LogP contribution in [-0.4, -0.2) is 15.9 Å². The van der Waals surface area contributed by atoms with Crippen LogP contribution in [0.5, 0.6) is 0 Å². The zero-order valence-electron chi connectivity index (χ0n) is 10.4. The van der Waals surface area contributed by atoms with Gasteiger partial charge in [-0.15, -0.1) is 0 Å². The van der Waals surface area contributed by atoms with Crippen molar-refractivity contribution in [2.24, 2.45) is 0 Å². The van der Waals surface area contributed by atoms with Crippen LogP contribution in [0.1, 0.15) is 10.5 Å². The van der Waals surface area contributed by atoms with Crippen LogP contribution in [0.15, 0.2) is 54.9 Å². The number of nitrogens with one attached hydrogen (secondary N) is 1. The Hall–Kier alpha value is -2.82. The highest BCUT2D eigenvalue weighted by molar-refractivity contribution is 6.03. The van der Waals surface area contributed by atoms with Crippen molar-refractivity contribution in [3.8, 4) is 0 Å². The maximum absolute atomic E-state index is 13.7. The summed E-state index contributed by atoms with van der Waals surface area (Å²) in [4.78, 5) is 20.0. The second-order valence-corrected chi connectivity index (χ2v) is 4.20. The van der Waals surface area contributed by atoms with E-state index in [1.165, 1.54) is 12.3 Å². The molecule has 5 heteroatoms. The third-order valence-corrected chi connectivity index (χ3v) is 2.82. The lowest BCUT2D eigenvalue weighted by atomic mass is 10.2. The average molecular weight is 267 g/mol. The summed E-state index contributed by atoms with van der Waals surface area (Å²) >= 11 is 0. The molecular weight excluding hydrogens is 257 g/mol. The Morgan fingerprint density at radius 1 is 1.10 bits per heavy atom. The van der Waals surface area contributed by atoms with E-state index in [1.807, 2.05) is 0 Å². The van der Waals surface area contributed by atoms with Gasteiger partial charge in [0.1, 0.15) is 17.0 Å². The molecule has 1 amide bonds. The van der Waals surface area contributed by atoms with Gasteiger partial charge in [-0.25, -0.2) is 9.37 Å². The van der Waals surface area contributed by atoms with Crippen molar-refractivity contribution >= 4 is 22.5 Å². The molecule has 0 aliphatic carbocycles. The first-order chi connectivity index (χ1) is 9.74. The molecule has 1 N–H and O–H groups in total. The summed E-state index contributed by atoms with van der Waals surface area (Å²) in [6.45, 7) is 0. The Morgan fingerprint density at radius 2 is 2.00 bits per heavy atom. The second-order valence-electron chi connectivity index (χ2n) is 4.20. The Kier molecular flexibility index (Phi) is 3.09. The van der Waals surface area contributed by atoms with E-state index in [9.17, 15) is 9.18 Å². The van der Waals surface area contributed by atoms with Crippen molar-refractivity contribution in [2.75, 3.05) is 5.32 Å². The third kappa shape index (κ3) is 2.33. The van der Waals surface area contributed by atoms with Gasteiger partial charge in [0.2, 0.25) is 0 Å². The summed E-state index contributed by atoms with van der Waals surface area (Å²) in [6.07, 6.45) is 3.14. The number of halogens is 1. The standard InChI is InChI=1S/C15H10FN3O/c16-12-5-1-3-10-6-7-13(19-14(10)12)15(20)18-11-4-2-8-17-9-11/h1-9H,(H,18,20). The quantitative estimate of drug-likeness (QED) is 0.776. The molecule has 20 heavy (non-hydrogen) atoms. The summed E-state index contributed by atoms with van der Waals surface area (Å²) in [5, 5.41) is 3.31. The Morgan fingerprint density at radius 3 is 2.80 bits per heavy atom. The van der Waals surface area contributed by atoms with Crippen molar-refractivity contribution < 1.29 is 9.18 Å². The molecule has 0 saturated carbocycles. The molecule has 0 aliphatic rings. The van der Waals surface area contributed by atoms with Gasteiger partial charge in [-0.05, 0) is 24.3 Å². The molecule has 0 fully saturated rings. The van der Waals surface area contributed by atoms with Crippen LogP contribution >= 0.6 is 0 Å². The topological polar surface area (TPSA) is 54.9 Å². The van der Waals surface area contributed by atoms with Crippen LogP contribution in [0.3, 0.4) is 0 Å². The van der Waals surface area contributed by atoms with Crippen LogP contribution in [0.4, 0.5) is 10.1 Å². The van der Waals surface area contributed by atoms with E-state index in [2.05, 4.69) is 15.3 Å². The fourth-order valence-corrected chi connectivity index (χ4v) is 1.87. The van der Waals surface area contributed by atoms with Crippen molar-refractivity contribution in [3.63, 3.8) is 0 Å². The molecule has 0 saturated heterocycles. The van der Waals surface area contributed by atoms with E-state index in [0.717, 1.165) is 0 Å². The minimum absolute atomic E-state index is 0.159. The number of benzene rings is 1. The molecular formula is C15H10FN3O. The Balaban J connectivity index is 1.94. The lowest BCUT2D eigenvalue weighted by molar-refractivity contribution is 0.102. The molecule has 1 aromatic carbocycles. The lowest BCUT2D eigenvalue weighted by Gasteiger charge is -2.05. The van der Waals surface area contributed by atoms with Gasteiger partial charge in [-0.1, -0.05) is 18.2 Å². The molecule has 4 nitrogen and oxygen atoms in total. The molecule has 0 atom stereocenters. The van der Waals surface area contributed by atoms with Gasteiger partial charge in [0.25, 0.3) is 5.91 Å². The monoisotopic (exact) mass is 267 g/mol. The number of hydrogen-bond acceptors (Lipinski definition) is 3. The van der Waals surface area contributed by atoms with Crippen LogP contribution in [0.25, 0.3) is 10.9 Å². The second kappa shape index (κ2) is 5.05. The molecule has 3 aromatic rings. The van der Waals surface area contributed by atoms with Gasteiger partial charge >= 0.3 is 0 Å². The summed E-state index contributed by atoms with van der Waals surface area (Å²) in [5.41, 5.74) is 0.908. The van der Waals surface area contributed by atoms with Crippen molar-refractivity contribution in [1.29, 1.82) is 0 Å². The normalized spacial score (nSPS) is 10.4. The molecule has 0 unspecified atom stereocenters. The van der Waals surface area contributed by atoms with Gasteiger partial charge in [-0.3, -0.25) is 9.78 Å². The molecule has 3 rings (SSSR count). The van der Waals surface area contributed by atoms with E-state index in [1.54, 1.807) is 42.6 Å². The zero-order valence-corrected chi connectivity index (χ0v) is 10.4. The first-order valence-corrected chi connectivity index (χ1v) is 6.01. The number of pyridine rings is 2. The van der Waals surface area contributed by atoms with E-state index in [-0.39, 0.29) is 11.2 Å². The van der Waals surface area contributed by atoms with Gasteiger partial charge in [0.05, 0.1) is 11.9 Å². The van der Waals surface area contributed by atoms with Gasteiger partial charge in [0, 0.05) is 11.6 Å². The fraction of sp³-hybridized carbons (Fsp3) is 0. The molecule has 0 radical (unpaired) electrons. The number of carbonyl (C=O) groups excluding carboxylic acids is 1. The highest BCUT2D eigenvalue weighted by Gasteiger charge is 2.10. The number of carbonyl (C=O) groups is 1. The fourth-order valence-electron chi connectivity index (χ4n) is 1.87. The number of rotatable bonds is 2. The smallest absolute Gasteiger partial charge is 0.274 e. The number of nitrogens with zero attached hydrogens (tertiary/aromatic N) is 2. The van der Waals surface area contributed by atoms with Crippen LogP contribution in [-0.2, 0) is 0 Å². The highest BCUT2D eigenvalue weighted by Crippen LogP contribution is 2.16. The number of fused-ring (bicyclic) bond motifs is 1. The van der Waals surface area contributed by atoms with E-state index in [0.29, 0.717) is 11.1 Å². The zero-order chi connectivity index (χ0) is 13.9. The summed E-state index contributed by atoms with van der Waals surface area (Å²) in [5.74, 6) is -0.846. The minimum atomic E-state index is -0.446. The first-order valence-electron chi connectivity index (χ1n) is 6.01. The van der Waals surface area contributed by atoms with E-state index >= 15 is 0 Å². The predicted molar refractivity (Wildman–Crippen MR) is 73.9 cm³/mol. The summed E-state index contributed by atoms with van der Waals surface area (Å²) in [6, 6.07) is 11.3. The maximum Gasteiger partial charge on any atom is 0.274 e. The molecule has 0 aliphatic heterocycles. The molecule has 0 spiro atoms. The van der Waals surface area contributed by atoms with Crippen LogP contribution < -0.4 is 5.32 Å². The van der Waals surface area contributed by atoms with Crippen molar-refractivity contribution in [2.45, 2.75) is 0 Å². The molecule has 2 aromatic heterocycles. The number of amides is 1. The van der Waals surface area contributed by atoms with E-state index in [4.69, 9.17) is 0 Å². The van der Waals surface area contributed by atoms with Gasteiger partial charge in [0.15, 0.2) is 0 Å². The Bertz CT molecular complexity index is 774. The van der Waals surface area contributed by atoms with Crippen molar-refractivity contribution in [3.05, 3.63) is 66.4 Å². The molecule has 2 heterocycles. The summed E-state index contributed by atoms with van der Waals surface area (Å²) in [7, 11) is 0. The first kappa shape index (κ1) is 12.2. The van der Waals surface area contributed by atoms with Crippen molar-refractivity contribution in [1.82, 2.24) is 9.97 Å². The number of aromatic nitrogens is 2. The van der Waals surface area contributed by atoms with E-state index < -0.39 is 11.7 Å². The highest BCUT2D eigenvalue weighted by atomic mass is 19.1. The number of anilines is 1. The predicted octanol–water partition coefficient (Wildman–Crippen LogP) is 3.02. The SMILES string of the molecule is O=C(Nc1cccnc1)c1ccc2cccc(F)c2n1. The molecule has 98 valence electrons. The van der Waals surface area contributed by atoms with Gasteiger partial charge in [-0.2, -0.15) is 0 Å². The number of para-hydroxylation sites is 1. The molecule has 0 bridgehead atoms. The third-order valence-electron chi connectivity index (χ3n) is 2.82.